The summed E-state index contributed by atoms with van der Waals surface area (Å²) in [6.45, 7) is 9.74. The van der Waals surface area contributed by atoms with Crippen LogP contribution in [0.15, 0.2) is 0 Å². The molecule has 0 aliphatic heterocycles. The van der Waals surface area contributed by atoms with E-state index in [-0.39, 0.29) is 0 Å². The molecule has 2 unspecified atom stereocenters. The van der Waals surface area contributed by atoms with Gasteiger partial charge in [-0.05, 0) is 26.3 Å². The van der Waals surface area contributed by atoms with Crippen LogP contribution in [0.3, 0.4) is 0 Å². The van der Waals surface area contributed by atoms with Crippen LogP contribution in [0.4, 0.5) is 0 Å². The molecule has 12 heavy (non-hydrogen) atoms. The van der Waals surface area contributed by atoms with Gasteiger partial charge in [-0.15, -0.1) is 0 Å². The number of likely N-dealkylation sites (N-methyl/N-ethyl adjacent to an activating group) is 1. The number of rotatable bonds is 5. The van der Waals surface area contributed by atoms with Gasteiger partial charge in [-0.3, -0.25) is 4.90 Å². The molecular formula is C10H24N2. The number of hydrogen-bond acceptors (Lipinski definition) is 2. The molecule has 2 heteroatoms. The summed E-state index contributed by atoms with van der Waals surface area (Å²) in [5, 5.41) is 0. The van der Waals surface area contributed by atoms with Gasteiger partial charge in [0.1, 0.15) is 0 Å². The highest BCUT2D eigenvalue weighted by Gasteiger charge is 2.18. The lowest BCUT2D eigenvalue weighted by atomic mass is 10.0. The summed E-state index contributed by atoms with van der Waals surface area (Å²) in [5.74, 6) is 0.704. The Bertz CT molecular complexity index is 106. The van der Waals surface area contributed by atoms with Crippen LogP contribution in [0.25, 0.3) is 0 Å². The molecule has 0 saturated heterocycles. The third-order valence-electron chi connectivity index (χ3n) is 2.93. The van der Waals surface area contributed by atoms with Crippen LogP contribution in [0, 0.1) is 5.92 Å². The quantitative estimate of drug-likeness (QED) is 0.684. The molecule has 2 atom stereocenters. The van der Waals surface area contributed by atoms with Crippen molar-refractivity contribution in [1.82, 2.24) is 4.90 Å². The Hall–Kier alpha value is -0.0800. The van der Waals surface area contributed by atoms with E-state index >= 15 is 0 Å². The Morgan fingerprint density at radius 1 is 1.25 bits per heavy atom. The van der Waals surface area contributed by atoms with Gasteiger partial charge < -0.3 is 5.73 Å². The van der Waals surface area contributed by atoms with E-state index in [0.29, 0.717) is 18.0 Å². The number of nitrogens with two attached hydrogens (primary N) is 1. The first kappa shape index (κ1) is 11.9. The zero-order valence-corrected chi connectivity index (χ0v) is 9.17. The zero-order chi connectivity index (χ0) is 9.72. The molecule has 0 radical (unpaired) electrons. The maximum absolute atomic E-state index is 5.68. The summed E-state index contributed by atoms with van der Waals surface area (Å²) < 4.78 is 0. The molecule has 2 nitrogen and oxygen atoms in total. The molecule has 0 aromatic rings. The van der Waals surface area contributed by atoms with Gasteiger partial charge in [0.2, 0.25) is 0 Å². The van der Waals surface area contributed by atoms with Crippen molar-refractivity contribution in [1.29, 1.82) is 0 Å². The highest BCUT2D eigenvalue weighted by molar-refractivity contribution is 4.75. The van der Waals surface area contributed by atoms with Gasteiger partial charge in [0.15, 0.2) is 0 Å². The Kier molecular flexibility index (Phi) is 5.51. The van der Waals surface area contributed by atoms with Crippen LogP contribution in [0.1, 0.15) is 34.1 Å². The fraction of sp³-hybridized carbons (Fsp3) is 1.00. The van der Waals surface area contributed by atoms with Crippen molar-refractivity contribution in [2.24, 2.45) is 11.7 Å². The molecular weight excluding hydrogens is 148 g/mol. The minimum absolute atomic E-state index is 0.544. The minimum atomic E-state index is 0.544. The van der Waals surface area contributed by atoms with Crippen molar-refractivity contribution < 1.29 is 0 Å². The van der Waals surface area contributed by atoms with Gasteiger partial charge in [0.25, 0.3) is 0 Å². The van der Waals surface area contributed by atoms with E-state index in [1.165, 1.54) is 0 Å². The van der Waals surface area contributed by atoms with Gasteiger partial charge in [0.05, 0.1) is 0 Å². The highest BCUT2D eigenvalue weighted by Crippen LogP contribution is 2.12. The van der Waals surface area contributed by atoms with Crippen molar-refractivity contribution in [2.75, 3.05) is 13.6 Å². The molecule has 0 heterocycles. The van der Waals surface area contributed by atoms with Gasteiger partial charge in [0, 0.05) is 18.6 Å². The lowest BCUT2D eigenvalue weighted by molar-refractivity contribution is 0.148. The van der Waals surface area contributed by atoms with Crippen LogP contribution in [0.5, 0.6) is 0 Å². The van der Waals surface area contributed by atoms with E-state index < -0.39 is 0 Å². The average molecular weight is 172 g/mol. The molecule has 0 saturated carbocycles. The molecule has 0 bridgehead atoms. The first-order valence-corrected chi connectivity index (χ1v) is 4.96. The van der Waals surface area contributed by atoms with Gasteiger partial charge in [-0.2, -0.15) is 0 Å². The second-order valence-electron chi connectivity index (χ2n) is 3.95. The fourth-order valence-electron chi connectivity index (χ4n) is 1.42. The Morgan fingerprint density at radius 2 is 1.75 bits per heavy atom. The van der Waals surface area contributed by atoms with Crippen molar-refractivity contribution in [3.8, 4) is 0 Å². The molecule has 0 rings (SSSR count). The third-order valence-corrected chi connectivity index (χ3v) is 2.93. The van der Waals surface area contributed by atoms with Crippen LogP contribution >= 0.6 is 0 Å². The summed E-state index contributed by atoms with van der Waals surface area (Å²) in [5.41, 5.74) is 5.68. The number of nitrogens with zero attached hydrogens (tertiary/aromatic N) is 1. The molecule has 0 aliphatic carbocycles. The zero-order valence-electron chi connectivity index (χ0n) is 9.17. The molecule has 0 aliphatic rings. The van der Waals surface area contributed by atoms with Gasteiger partial charge in [-0.1, -0.05) is 20.8 Å². The summed E-state index contributed by atoms with van der Waals surface area (Å²) in [6.07, 6.45) is 1.14. The summed E-state index contributed by atoms with van der Waals surface area (Å²) >= 11 is 0. The molecule has 2 N–H and O–H groups in total. The smallest absolute Gasteiger partial charge is 0.0215 e. The molecule has 0 aromatic heterocycles. The summed E-state index contributed by atoms with van der Waals surface area (Å²) in [4.78, 5) is 2.39. The maximum Gasteiger partial charge on any atom is 0.0215 e. The normalized spacial score (nSPS) is 17.0. The van der Waals surface area contributed by atoms with Gasteiger partial charge in [-0.25, -0.2) is 0 Å². The average Bonchev–Trinajstić information content (AvgIpc) is 2.05. The van der Waals surface area contributed by atoms with Crippen molar-refractivity contribution in [3.05, 3.63) is 0 Å². The maximum atomic E-state index is 5.68. The summed E-state index contributed by atoms with van der Waals surface area (Å²) in [7, 11) is 2.17. The Morgan fingerprint density at radius 3 is 2.00 bits per heavy atom. The molecule has 0 aromatic carbocycles. The monoisotopic (exact) mass is 172 g/mol. The van der Waals surface area contributed by atoms with Gasteiger partial charge >= 0.3 is 0 Å². The minimum Gasteiger partial charge on any atom is -0.329 e. The van der Waals surface area contributed by atoms with E-state index in [1.807, 2.05) is 0 Å². The second-order valence-corrected chi connectivity index (χ2v) is 3.95. The van der Waals surface area contributed by atoms with Crippen LogP contribution < -0.4 is 5.73 Å². The third kappa shape index (κ3) is 3.11. The number of hydrogen-bond donors (Lipinski definition) is 1. The fourth-order valence-corrected chi connectivity index (χ4v) is 1.42. The largest absolute Gasteiger partial charge is 0.329 e. The predicted octanol–water partition coefficient (Wildman–Crippen LogP) is 1.70. The van der Waals surface area contributed by atoms with E-state index in [1.54, 1.807) is 0 Å². The van der Waals surface area contributed by atoms with Crippen LogP contribution in [-0.2, 0) is 0 Å². The Balaban J connectivity index is 4.05. The van der Waals surface area contributed by atoms with E-state index in [9.17, 15) is 0 Å². The second kappa shape index (κ2) is 5.55. The molecule has 0 amide bonds. The molecule has 74 valence electrons. The molecule has 0 fully saturated rings. The first-order chi connectivity index (χ1) is 5.54. The van der Waals surface area contributed by atoms with E-state index in [0.717, 1.165) is 13.0 Å². The standard InChI is InChI=1S/C10H24N2/c1-6-10(7-11)12(5)9(4)8(2)3/h8-10H,6-7,11H2,1-5H3. The first-order valence-electron chi connectivity index (χ1n) is 4.96. The van der Waals surface area contributed by atoms with Crippen molar-refractivity contribution in [3.63, 3.8) is 0 Å². The lowest BCUT2D eigenvalue weighted by Crippen LogP contribution is -2.44. The lowest BCUT2D eigenvalue weighted by Gasteiger charge is -2.34. The highest BCUT2D eigenvalue weighted by atomic mass is 15.2. The van der Waals surface area contributed by atoms with Crippen LogP contribution in [0.2, 0.25) is 0 Å². The summed E-state index contributed by atoms with van der Waals surface area (Å²) in [6, 6.07) is 1.17. The van der Waals surface area contributed by atoms with Crippen LogP contribution in [-0.4, -0.2) is 30.6 Å². The predicted molar refractivity (Wildman–Crippen MR) is 55.2 cm³/mol. The van der Waals surface area contributed by atoms with Crippen molar-refractivity contribution >= 4 is 0 Å². The van der Waals surface area contributed by atoms with E-state index in [4.69, 9.17) is 5.73 Å². The van der Waals surface area contributed by atoms with Crippen molar-refractivity contribution in [2.45, 2.75) is 46.2 Å². The van der Waals surface area contributed by atoms with E-state index in [2.05, 4.69) is 39.6 Å². The Labute approximate surface area is 77.1 Å². The molecule has 0 spiro atoms. The topological polar surface area (TPSA) is 29.3 Å². The SMILES string of the molecule is CCC(CN)N(C)C(C)C(C)C.